The molecule has 1 aliphatic carbocycles. The summed E-state index contributed by atoms with van der Waals surface area (Å²) in [5.41, 5.74) is 1.89. The molecule has 1 N–H and O–H groups in total. The average molecular weight is 328 g/mol. The summed E-state index contributed by atoms with van der Waals surface area (Å²) < 4.78 is 0. The van der Waals surface area contributed by atoms with Gasteiger partial charge in [-0.2, -0.15) is 5.26 Å². The monoisotopic (exact) mass is 327 g/mol. The number of piperidine rings is 1. The number of aromatic nitrogens is 1. The molecular formula is C18H18ClN3O. The largest absolute Gasteiger partial charge is 0.370 e. The molecule has 0 bridgehead atoms. The second-order valence-corrected chi connectivity index (χ2v) is 7.26. The number of nitrogens with zero attached hydrogens (tertiary/aromatic N) is 2. The normalized spacial score (nSPS) is 19.6. The summed E-state index contributed by atoms with van der Waals surface area (Å²) >= 11 is 6.15. The number of rotatable bonds is 1. The number of hydrogen-bond acceptors (Lipinski definition) is 3. The lowest BCUT2D eigenvalue weighted by Gasteiger charge is -2.48. The molecule has 0 radical (unpaired) electrons. The molecule has 4 nitrogen and oxygen atoms in total. The fraction of sp³-hybridized carbons (Fsp3) is 0.444. The summed E-state index contributed by atoms with van der Waals surface area (Å²) in [6.45, 7) is 1.81. The van der Waals surface area contributed by atoms with Crippen molar-refractivity contribution < 1.29 is 0 Å². The molecule has 1 aromatic heterocycles. The number of nitriles is 1. The van der Waals surface area contributed by atoms with Gasteiger partial charge in [0.1, 0.15) is 11.6 Å². The summed E-state index contributed by atoms with van der Waals surface area (Å²) in [5, 5.41) is 11.0. The number of aromatic amines is 1. The van der Waals surface area contributed by atoms with Gasteiger partial charge >= 0.3 is 0 Å². The molecule has 1 saturated heterocycles. The first-order valence-electron chi connectivity index (χ1n) is 8.13. The van der Waals surface area contributed by atoms with E-state index in [4.69, 9.17) is 11.6 Å². The van der Waals surface area contributed by atoms with E-state index in [0.717, 1.165) is 42.5 Å². The van der Waals surface area contributed by atoms with E-state index in [1.807, 2.05) is 6.07 Å². The van der Waals surface area contributed by atoms with E-state index in [2.05, 4.69) is 16.0 Å². The second-order valence-electron chi connectivity index (χ2n) is 6.82. The van der Waals surface area contributed by atoms with Crippen LogP contribution in [-0.4, -0.2) is 18.1 Å². The standard InChI is InChI=1S/C18H18ClN3O/c19-12-2-3-15-13(10-12)16(14(11-20)17(23)21-15)22-8-6-18(7-9-22)4-1-5-18/h2-3,10H,1,4-9H2,(H,21,23). The van der Waals surface area contributed by atoms with Gasteiger partial charge in [0.15, 0.2) is 0 Å². The van der Waals surface area contributed by atoms with Gasteiger partial charge in [-0.1, -0.05) is 18.0 Å². The molecule has 118 valence electrons. The number of halogens is 1. The van der Waals surface area contributed by atoms with Crippen molar-refractivity contribution in [1.82, 2.24) is 4.98 Å². The molecular weight excluding hydrogens is 310 g/mol. The Labute approximate surface area is 139 Å². The van der Waals surface area contributed by atoms with Gasteiger partial charge in [0.05, 0.1) is 11.2 Å². The molecule has 0 unspecified atom stereocenters. The Morgan fingerprint density at radius 2 is 1.96 bits per heavy atom. The number of hydrogen-bond donors (Lipinski definition) is 1. The van der Waals surface area contributed by atoms with Crippen molar-refractivity contribution in [3.8, 4) is 6.07 Å². The first-order valence-corrected chi connectivity index (χ1v) is 8.50. The minimum absolute atomic E-state index is 0.198. The molecule has 5 heteroatoms. The number of pyridine rings is 1. The zero-order valence-corrected chi connectivity index (χ0v) is 13.6. The van der Waals surface area contributed by atoms with Crippen LogP contribution in [0.2, 0.25) is 5.02 Å². The predicted octanol–water partition coefficient (Wildman–Crippen LogP) is 3.82. The van der Waals surface area contributed by atoms with Crippen LogP contribution in [0, 0.1) is 16.7 Å². The number of benzene rings is 1. The van der Waals surface area contributed by atoms with Gasteiger partial charge in [-0.05, 0) is 49.3 Å². The van der Waals surface area contributed by atoms with Gasteiger partial charge in [0, 0.05) is 23.5 Å². The Balaban J connectivity index is 1.83. The quantitative estimate of drug-likeness (QED) is 0.866. The van der Waals surface area contributed by atoms with Crippen molar-refractivity contribution in [2.24, 2.45) is 5.41 Å². The van der Waals surface area contributed by atoms with Crippen LogP contribution in [0.15, 0.2) is 23.0 Å². The summed E-state index contributed by atoms with van der Waals surface area (Å²) in [6, 6.07) is 7.50. The van der Waals surface area contributed by atoms with Gasteiger partial charge in [-0.3, -0.25) is 4.79 Å². The zero-order chi connectivity index (χ0) is 16.0. The highest BCUT2D eigenvalue weighted by Crippen LogP contribution is 2.49. The van der Waals surface area contributed by atoms with Crippen molar-refractivity contribution in [2.45, 2.75) is 32.1 Å². The molecule has 2 aromatic rings. The molecule has 0 amide bonds. The van der Waals surface area contributed by atoms with Crippen LogP contribution in [-0.2, 0) is 0 Å². The molecule has 2 heterocycles. The topological polar surface area (TPSA) is 59.9 Å². The number of fused-ring (bicyclic) bond motifs is 1. The van der Waals surface area contributed by atoms with E-state index in [1.54, 1.807) is 12.1 Å². The molecule has 2 fully saturated rings. The van der Waals surface area contributed by atoms with Crippen molar-refractivity contribution in [1.29, 1.82) is 5.26 Å². The van der Waals surface area contributed by atoms with Crippen LogP contribution in [0.25, 0.3) is 10.9 Å². The van der Waals surface area contributed by atoms with Gasteiger partial charge in [-0.25, -0.2) is 0 Å². The third kappa shape index (κ3) is 2.31. The summed E-state index contributed by atoms with van der Waals surface area (Å²) in [5.74, 6) is 0. The first kappa shape index (κ1) is 14.6. The maximum atomic E-state index is 12.3. The van der Waals surface area contributed by atoms with Crippen LogP contribution in [0.5, 0.6) is 0 Å². The van der Waals surface area contributed by atoms with Crippen molar-refractivity contribution in [3.63, 3.8) is 0 Å². The van der Waals surface area contributed by atoms with Crippen molar-refractivity contribution in [3.05, 3.63) is 39.1 Å². The number of nitrogens with one attached hydrogen (secondary N) is 1. The summed E-state index contributed by atoms with van der Waals surface area (Å²) in [6.07, 6.45) is 6.29. The van der Waals surface area contributed by atoms with Gasteiger partial charge in [0.25, 0.3) is 5.56 Å². The molecule has 1 aromatic carbocycles. The summed E-state index contributed by atoms with van der Waals surface area (Å²) in [7, 11) is 0. The van der Waals surface area contributed by atoms with E-state index in [1.165, 1.54) is 19.3 Å². The fourth-order valence-corrected chi connectivity index (χ4v) is 4.23. The third-order valence-corrected chi connectivity index (χ3v) is 5.85. The molecule has 0 atom stereocenters. The number of H-pyrrole nitrogens is 1. The van der Waals surface area contributed by atoms with Crippen LogP contribution in [0.1, 0.15) is 37.7 Å². The average Bonchev–Trinajstić information content (AvgIpc) is 2.53. The lowest BCUT2D eigenvalue weighted by Crippen LogP contribution is -2.44. The number of anilines is 1. The minimum Gasteiger partial charge on any atom is -0.370 e. The van der Waals surface area contributed by atoms with Crippen LogP contribution in [0.3, 0.4) is 0 Å². The smallest absolute Gasteiger partial charge is 0.268 e. The molecule has 2 aliphatic rings. The predicted molar refractivity (Wildman–Crippen MR) is 92.0 cm³/mol. The molecule has 23 heavy (non-hydrogen) atoms. The maximum Gasteiger partial charge on any atom is 0.268 e. The molecule has 1 saturated carbocycles. The van der Waals surface area contributed by atoms with Crippen molar-refractivity contribution >= 4 is 28.2 Å². The fourth-order valence-electron chi connectivity index (χ4n) is 4.06. The molecule has 4 rings (SSSR count). The van der Waals surface area contributed by atoms with E-state index in [0.29, 0.717) is 10.4 Å². The lowest BCUT2D eigenvalue weighted by atomic mass is 9.63. The van der Waals surface area contributed by atoms with Gasteiger partial charge < -0.3 is 9.88 Å². The Morgan fingerprint density at radius 1 is 1.22 bits per heavy atom. The van der Waals surface area contributed by atoms with Crippen LogP contribution < -0.4 is 10.5 Å². The molecule has 1 aliphatic heterocycles. The van der Waals surface area contributed by atoms with Crippen LogP contribution in [0.4, 0.5) is 5.69 Å². The Hall–Kier alpha value is -1.99. The first-order chi connectivity index (χ1) is 11.1. The Kier molecular flexibility index (Phi) is 3.35. The third-order valence-electron chi connectivity index (χ3n) is 5.62. The van der Waals surface area contributed by atoms with Gasteiger partial charge in [0.2, 0.25) is 0 Å². The SMILES string of the molecule is N#Cc1c(N2CCC3(CCC3)CC2)c2cc(Cl)ccc2[nH]c1=O. The van der Waals surface area contributed by atoms with Crippen LogP contribution >= 0.6 is 11.6 Å². The Morgan fingerprint density at radius 3 is 2.57 bits per heavy atom. The van der Waals surface area contributed by atoms with E-state index in [-0.39, 0.29) is 11.1 Å². The molecule has 1 spiro atoms. The Bertz CT molecular complexity index is 866. The highest BCUT2D eigenvalue weighted by atomic mass is 35.5. The van der Waals surface area contributed by atoms with Crippen molar-refractivity contribution in [2.75, 3.05) is 18.0 Å². The maximum absolute atomic E-state index is 12.3. The lowest BCUT2D eigenvalue weighted by molar-refractivity contribution is 0.0956. The second kappa shape index (κ2) is 5.28. The van der Waals surface area contributed by atoms with E-state index in [9.17, 15) is 10.1 Å². The highest BCUT2D eigenvalue weighted by molar-refractivity contribution is 6.31. The van der Waals surface area contributed by atoms with E-state index < -0.39 is 0 Å². The van der Waals surface area contributed by atoms with E-state index >= 15 is 0 Å². The zero-order valence-electron chi connectivity index (χ0n) is 12.9. The minimum atomic E-state index is -0.318. The van der Waals surface area contributed by atoms with Gasteiger partial charge in [-0.15, -0.1) is 0 Å². The highest BCUT2D eigenvalue weighted by Gasteiger charge is 2.40. The summed E-state index contributed by atoms with van der Waals surface area (Å²) in [4.78, 5) is 17.3.